The van der Waals surface area contributed by atoms with Gasteiger partial charge >= 0.3 is 0 Å². The fourth-order valence-corrected chi connectivity index (χ4v) is 5.67. The lowest BCUT2D eigenvalue weighted by molar-refractivity contribution is 0.452. The minimum Gasteiger partial charge on any atom is -0.212 e. The first kappa shape index (κ1) is 19.1. The van der Waals surface area contributed by atoms with Crippen molar-refractivity contribution in [2.45, 2.75) is 10.8 Å². The molecule has 0 aliphatic rings. The summed E-state index contributed by atoms with van der Waals surface area (Å²) < 4.78 is 51.8. The van der Waals surface area contributed by atoms with Crippen molar-refractivity contribution in [2.24, 2.45) is 0 Å². The second-order valence-electron chi connectivity index (χ2n) is 5.32. The highest BCUT2D eigenvalue weighted by Gasteiger charge is 2.25. The molecule has 0 aliphatic heterocycles. The molecule has 0 saturated heterocycles. The summed E-state index contributed by atoms with van der Waals surface area (Å²) in [7, 11) is -4.30. The molecule has 6 nitrogen and oxygen atoms in total. The van der Waals surface area contributed by atoms with E-state index in [4.69, 9.17) is 0 Å². The summed E-state index contributed by atoms with van der Waals surface area (Å²) in [6, 6.07) is 12.4. The molecular weight excluding hydrogens is 368 g/mol. The molecule has 0 atom stereocenters. The number of thiophene rings is 1. The van der Waals surface area contributed by atoms with Gasteiger partial charge in [0.25, 0.3) is 10.0 Å². The van der Waals surface area contributed by atoms with Gasteiger partial charge in [-0.1, -0.05) is 36.4 Å². The first-order chi connectivity index (χ1) is 11.2. The monoisotopic (exact) mass is 388 g/mol. The predicted octanol–water partition coefficient (Wildman–Crippen LogP) is 1.83. The van der Waals surface area contributed by atoms with E-state index in [1.807, 2.05) is 30.3 Å². The maximum atomic E-state index is 12.4. The minimum absolute atomic E-state index is 0.0955. The number of hydrogen-bond donors (Lipinski definition) is 0. The van der Waals surface area contributed by atoms with Crippen molar-refractivity contribution in [2.75, 3.05) is 26.4 Å². The Kier molecular flexibility index (Phi) is 6.16. The molecule has 0 saturated carbocycles. The van der Waals surface area contributed by atoms with Crippen LogP contribution in [0.15, 0.2) is 52.1 Å². The molecule has 0 spiro atoms. The normalized spacial score (nSPS) is 12.8. The summed E-state index contributed by atoms with van der Waals surface area (Å²) in [6.07, 6.45) is 0. The van der Waals surface area contributed by atoms with Gasteiger partial charge in [-0.25, -0.2) is 21.1 Å². The summed E-state index contributed by atoms with van der Waals surface area (Å²) in [4.78, 5) is 0. The molecule has 2 rings (SSSR count). The number of nitrogens with zero attached hydrogens (tertiary/aromatic N) is 2. The molecule has 2 aromatic rings. The van der Waals surface area contributed by atoms with Crippen molar-refractivity contribution < 1.29 is 16.8 Å². The van der Waals surface area contributed by atoms with Crippen molar-refractivity contribution in [1.29, 1.82) is 0 Å². The average Bonchev–Trinajstić information content (AvgIpc) is 3.08. The highest BCUT2D eigenvalue weighted by molar-refractivity contribution is 7.91. The van der Waals surface area contributed by atoms with Crippen molar-refractivity contribution in [1.82, 2.24) is 8.61 Å². The second kappa shape index (κ2) is 7.75. The van der Waals surface area contributed by atoms with Crippen molar-refractivity contribution in [3.05, 3.63) is 53.4 Å². The molecule has 9 heteroatoms. The van der Waals surface area contributed by atoms with Crippen LogP contribution in [0.4, 0.5) is 0 Å². The van der Waals surface area contributed by atoms with Gasteiger partial charge < -0.3 is 0 Å². The molecule has 24 heavy (non-hydrogen) atoms. The Hall–Kier alpha value is -1.26. The van der Waals surface area contributed by atoms with Crippen LogP contribution in [0.2, 0.25) is 0 Å². The summed E-state index contributed by atoms with van der Waals surface area (Å²) >= 11 is 1.11. The summed E-state index contributed by atoms with van der Waals surface area (Å²) in [5, 5.41) is 1.67. The molecule has 0 aliphatic carbocycles. The molecule has 1 aromatic heterocycles. The van der Waals surface area contributed by atoms with Crippen molar-refractivity contribution in [3.8, 4) is 0 Å². The van der Waals surface area contributed by atoms with E-state index in [9.17, 15) is 16.8 Å². The average molecular weight is 389 g/mol. The number of benzene rings is 1. The van der Waals surface area contributed by atoms with Gasteiger partial charge in [-0.05, 0) is 17.0 Å². The fourth-order valence-electron chi connectivity index (χ4n) is 2.02. The predicted molar refractivity (Wildman–Crippen MR) is 95.8 cm³/mol. The molecule has 132 valence electrons. The van der Waals surface area contributed by atoms with Gasteiger partial charge in [0.1, 0.15) is 4.21 Å². The maximum absolute atomic E-state index is 12.4. The molecule has 0 radical (unpaired) electrons. The minimum atomic E-state index is -3.63. The Balaban J connectivity index is 1.99. The summed E-state index contributed by atoms with van der Waals surface area (Å²) in [5.74, 6) is -0.266. The van der Waals surface area contributed by atoms with Crippen LogP contribution in [-0.2, 0) is 26.6 Å². The molecule has 0 fully saturated rings. The van der Waals surface area contributed by atoms with Crippen LogP contribution >= 0.6 is 11.3 Å². The molecule has 1 aromatic carbocycles. The lowest BCUT2D eigenvalue weighted by atomic mass is 10.2. The van der Waals surface area contributed by atoms with Gasteiger partial charge in [-0.3, -0.25) is 0 Å². The number of rotatable bonds is 8. The molecule has 0 bridgehead atoms. The number of hydrogen-bond acceptors (Lipinski definition) is 5. The van der Waals surface area contributed by atoms with Crippen molar-refractivity contribution >= 4 is 31.4 Å². The zero-order chi connectivity index (χ0) is 17.8. The van der Waals surface area contributed by atoms with Gasteiger partial charge in [-0.15, -0.1) is 11.3 Å². The van der Waals surface area contributed by atoms with Crippen molar-refractivity contribution in [3.63, 3.8) is 0 Å². The van der Waals surface area contributed by atoms with E-state index >= 15 is 0 Å². The van der Waals surface area contributed by atoms with Gasteiger partial charge in [0.15, 0.2) is 0 Å². The third-order valence-corrected chi connectivity index (χ3v) is 8.55. The standard InChI is InChI=1S/C15H20N2O4S3/c1-16(24(20,21)15-9-6-11-22-15)10-12-23(18,19)17(2)13-14-7-4-3-5-8-14/h3-9,11H,10,12-13H2,1-2H3. The van der Waals surface area contributed by atoms with E-state index in [0.717, 1.165) is 21.2 Å². The molecule has 0 unspecified atom stereocenters. The Morgan fingerprint density at radius 1 is 0.917 bits per heavy atom. The van der Waals surface area contributed by atoms with Crippen LogP contribution in [0.5, 0.6) is 0 Å². The lowest BCUT2D eigenvalue weighted by Crippen LogP contribution is -2.36. The SMILES string of the molecule is CN(Cc1ccccc1)S(=O)(=O)CCN(C)S(=O)(=O)c1cccs1. The molecular formula is C15H20N2O4S3. The van der Waals surface area contributed by atoms with Crippen LogP contribution in [0.25, 0.3) is 0 Å². The van der Waals surface area contributed by atoms with Crippen LogP contribution in [0.3, 0.4) is 0 Å². The third kappa shape index (κ3) is 4.64. The van der Waals surface area contributed by atoms with E-state index in [1.54, 1.807) is 11.4 Å². The molecule has 0 N–H and O–H groups in total. The van der Waals surface area contributed by atoms with E-state index in [2.05, 4.69) is 0 Å². The topological polar surface area (TPSA) is 74.8 Å². The first-order valence-electron chi connectivity index (χ1n) is 7.21. The molecule has 1 heterocycles. The molecule has 0 amide bonds. The van der Waals surface area contributed by atoms with E-state index < -0.39 is 20.0 Å². The van der Waals surface area contributed by atoms with Gasteiger partial charge in [0.05, 0.1) is 5.75 Å². The Morgan fingerprint density at radius 3 is 2.17 bits per heavy atom. The van der Waals surface area contributed by atoms with Gasteiger partial charge in [0.2, 0.25) is 10.0 Å². The van der Waals surface area contributed by atoms with Gasteiger partial charge in [0, 0.05) is 27.2 Å². The lowest BCUT2D eigenvalue weighted by Gasteiger charge is -2.20. The third-order valence-electron chi connectivity index (χ3n) is 3.55. The van der Waals surface area contributed by atoms with Crippen LogP contribution in [-0.4, -0.2) is 51.8 Å². The Labute approximate surface area is 147 Å². The second-order valence-corrected chi connectivity index (χ2v) is 10.7. The largest absolute Gasteiger partial charge is 0.252 e. The van der Waals surface area contributed by atoms with E-state index in [1.165, 1.54) is 24.5 Å². The zero-order valence-corrected chi connectivity index (χ0v) is 15.9. The highest BCUT2D eigenvalue weighted by Crippen LogP contribution is 2.19. The summed E-state index contributed by atoms with van der Waals surface area (Å²) in [5.41, 5.74) is 0.878. The maximum Gasteiger partial charge on any atom is 0.252 e. The fraction of sp³-hybridized carbons (Fsp3) is 0.333. The number of sulfonamides is 2. The first-order valence-corrected chi connectivity index (χ1v) is 11.1. The smallest absolute Gasteiger partial charge is 0.212 e. The zero-order valence-electron chi connectivity index (χ0n) is 13.5. The Morgan fingerprint density at radius 2 is 1.58 bits per heavy atom. The quantitative estimate of drug-likeness (QED) is 0.691. The highest BCUT2D eigenvalue weighted by atomic mass is 32.2. The van der Waals surface area contributed by atoms with Crippen LogP contribution in [0, 0.1) is 0 Å². The Bertz CT molecular complexity index is 847. The van der Waals surface area contributed by atoms with E-state index in [0.29, 0.717) is 0 Å². The van der Waals surface area contributed by atoms with E-state index in [-0.39, 0.29) is 23.1 Å². The summed E-state index contributed by atoms with van der Waals surface area (Å²) in [6.45, 7) is 0.159. The van der Waals surface area contributed by atoms with Crippen LogP contribution < -0.4 is 0 Å². The van der Waals surface area contributed by atoms with Gasteiger partial charge in [-0.2, -0.15) is 4.31 Å². The van der Waals surface area contributed by atoms with Crippen LogP contribution in [0.1, 0.15) is 5.56 Å².